The third-order valence-electron chi connectivity index (χ3n) is 5.29. The lowest BCUT2D eigenvalue weighted by atomic mass is 10.2. The Kier molecular flexibility index (Phi) is 5.86. The molecule has 1 aliphatic heterocycles. The predicted octanol–water partition coefficient (Wildman–Crippen LogP) is 2.57. The van der Waals surface area contributed by atoms with Crippen molar-refractivity contribution in [3.8, 4) is 17.1 Å². The van der Waals surface area contributed by atoms with Gasteiger partial charge < -0.3 is 13.8 Å². The number of aromatic nitrogens is 4. The molecule has 1 unspecified atom stereocenters. The van der Waals surface area contributed by atoms with Gasteiger partial charge in [-0.1, -0.05) is 17.2 Å². The Labute approximate surface area is 169 Å². The summed E-state index contributed by atoms with van der Waals surface area (Å²) >= 11 is 0. The minimum atomic E-state index is 0.120. The summed E-state index contributed by atoms with van der Waals surface area (Å²) in [6, 6.07) is 7.75. The van der Waals surface area contributed by atoms with Gasteiger partial charge in [0.1, 0.15) is 5.75 Å². The zero-order chi connectivity index (χ0) is 20.2. The summed E-state index contributed by atoms with van der Waals surface area (Å²) < 4.78 is 16.0. The number of benzene rings is 1. The minimum absolute atomic E-state index is 0.120. The Bertz CT molecular complexity index is 914. The van der Waals surface area contributed by atoms with Crippen LogP contribution in [0.1, 0.15) is 37.5 Å². The smallest absolute Gasteiger partial charge is 0.243 e. The van der Waals surface area contributed by atoms with Crippen molar-refractivity contribution in [1.29, 1.82) is 0 Å². The zero-order valence-electron chi connectivity index (χ0n) is 17.0. The molecule has 0 aliphatic carbocycles. The first-order valence-corrected chi connectivity index (χ1v) is 9.92. The van der Waals surface area contributed by atoms with Crippen LogP contribution in [0, 0.1) is 0 Å². The monoisotopic (exact) mass is 398 g/mol. The van der Waals surface area contributed by atoms with Gasteiger partial charge in [0.05, 0.1) is 19.7 Å². The summed E-state index contributed by atoms with van der Waals surface area (Å²) in [7, 11) is 1.65. The van der Waals surface area contributed by atoms with E-state index in [-0.39, 0.29) is 6.04 Å². The lowest BCUT2D eigenvalue weighted by molar-refractivity contribution is 0.0785. The van der Waals surface area contributed by atoms with E-state index in [1.807, 2.05) is 31.2 Å². The lowest BCUT2D eigenvalue weighted by Crippen LogP contribution is -2.46. The number of hydrogen-bond acceptors (Lipinski definition) is 9. The number of ether oxygens (including phenoxy) is 1. The summed E-state index contributed by atoms with van der Waals surface area (Å²) in [5, 5.41) is 8.11. The second-order valence-electron chi connectivity index (χ2n) is 7.13. The Hall–Kier alpha value is -2.78. The maximum absolute atomic E-state index is 5.46. The van der Waals surface area contributed by atoms with E-state index >= 15 is 0 Å². The van der Waals surface area contributed by atoms with Gasteiger partial charge in [0.25, 0.3) is 0 Å². The van der Waals surface area contributed by atoms with E-state index in [0.29, 0.717) is 24.2 Å². The highest BCUT2D eigenvalue weighted by molar-refractivity contribution is 5.55. The molecule has 1 aliphatic rings. The van der Waals surface area contributed by atoms with Crippen LogP contribution in [-0.4, -0.2) is 63.4 Å². The fraction of sp³-hybridized carbons (Fsp3) is 0.500. The van der Waals surface area contributed by atoms with Crippen molar-refractivity contribution in [2.45, 2.75) is 32.9 Å². The average Bonchev–Trinajstić information content (AvgIpc) is 3.43. The Morgan fingerprint density at radius 1 is 1.03 bits per heavy atom. The highest BCUT2D eigenvalue weighted by Gasteiger charge is 2.26. The van der Waals surface area contributed by atoms with Crippen molar-refractivity contribution in [3.05, 3.63) is 41.9 Å². The van der Waals surface area contributed by atoms with Crippen molar-refractivity contribution in [2.75, 3.05) is 33.3 Å². The topological polar surface area (TPSA) is 93.6 Å². The fourth-order valence-corrected chi connectivity index (χ4v) is 3.41. The van der Waals surface area contributed by atoms with Gasteiger partial charge in [-0.3, -0.25) is 9.80 Å². The number of piperazine rings is 1. The molecule has 2 aromatic heterocycles. The van der Waals surface area contributed by atoms with Crippen molar-refractivity contribution in [3.63, 3.8) is 0 Å². The molecule has 9 heteroatoms. The largest absolute Gasteiger partial charge is 0.497 e. The molecule has 1 atom stereocenters. The van der Waals surface area contributed by atoms with Crippen molar-refractivity contribution in [1.82, 2.24) is 30.1 Å². The Morgan fingerprint density at radius 2 is 1.79 bits per heavy atom. The summed E-state index contributed by atoms with van der Waals surface area (Å²) in [5.41, 5.74) is 0.908. The number of aryl methyl sites for hydroxylation is 1. The molecule has 1 fully saturated rings. The molecule has 3 aromatic rings. The fourth-order valence-electron chi connectivity index (χ4n) is 3.41. The maximum atomic E-state index is 5.46. The molecule has 0 amide bonds. The molecule has 154 valence electrons. The third kappa shape index (κ3) is 4.46. The zero-order valence-corrected chi connectivity index (χ0v) is 17.0. The van der Waals surface area contributed by atoms with Gasteiger partial charge in [0.2, 0.25) is 17.6 Å². The van der Waals surface area contributed by atoms with Gasteiger partial charge in [0.15, 0.2) is 5.82 Å². The number of nitrogens with zero attached hydrogens (tertiary/aromatic N) is 6. The summed E-state index contributed by atoms with van der Waals surface area (Å²) in [4.78, 5) is 13.7. The highest BCUT2D eigenvalue weighted by Crippen LogP contribution is 2.22. The van der Waals surface area contributed by atoms with Crippen LogP contribution in [0.4, 0.5) is 0 Å². The van der Waals surface area contributed by atoms with Crippen LogP contribution in [0.3, 0.4) is 0 Å². The van der Waals surface area contributed by atoms with Gasteiger partial charge >= 0.3 is 0 Å². The SMILES string of the molecule is CCc1noc(C(C)N2CCN(Cc3nc(-c4ccc(OC)cc4)no3)CC2)n1. The Balaban J connectivity index is 1.31. The summed E-state index contributed by atoms with van der Waals surface area (Å²) in [6.07, 6.45) is 0.784. The normalized spacial score (nSPS) is 16.8. The van der Waals surface area contributed by atoms with E-state index in [2.05, 4.69) is 37.0 Å². The number of hydrogen-bond donors (Lipinski definition) is 0. The van der Waals surface area contributed by atoms with Gasteiger partial charge in [-0.2, -0.15) is 9.97 Å². The van der Waals surface area contributed by atoms with E-state index in [0.717, 1.165) is 49.7 Å². The van der Waals surface area contributed by atoms with E-state index in [4.69, 9.17) is 13.8 Å². The predicted molar refractivity (Wildman–Crippen MR) is 105 cm³/mol. The van der Waals surface area contributed by atoms with Crippen LogP contribution in [0.25, 0.3) is 11.4 Å². The van der Waals surface area contributed by atoms with Crippen molar-refractivity contribution in [2.24, 2.45) is 0 Å². The first-order chi connectivity index (χ1) is 14.2. The molecule has 0 N–H and O–H groups in total. The van der Waals surface area contributed by atoms with Crippen LogP contribution >= 0.6 is 0 Å². The molecule has 1 saturated heterocycles. The van der Waals surface area contributed by atoms with E-state index in [1.165, 1.54) is 0 Å². The summed E-state index contributed by atoms with van der Waals surface area (Å²) in [6.45, 7) is 8.46. The van der Waals surface area contributed by atoms with Crippen LogP contribution in [-0.2, 0) is 13.0 Å². The second-order valence-corrected chi connectivity index (χ2v) is 7.13. The molecular formula is C20H26N6O3. The molecule has 0 bridgehead atoms. The number of methoxy groups -OCH3 is 1. The van der Waals surface area contributed by atoms with Crippen molar-refractivity contribution < 1.29 is 13.8 Å². The standard InChI is InChI=1S/C20H26N6O3/c1-4-17-21-20(29-23-17)14(2)26-11-9-25(10-12-26)13-18-22-19(24-28-18)15-5-7-16(27-3)8-6-15/h5-8,14H,4,9-13H2,1-3H3. The van der Waals surface area contributed by atoms with Gasteiger partial charge in [-0.05, 0) is 31.2 Å². The van der Waals surface area contributed by atoms with Gasteiger partial charge in [-0.15, -0.1) is 0 Å². The molecular weight excluding hydrogens is 372 g/mol. The molecule has 0 radical (unpaired) electrons. The highest BCUT2D eigenvalue weighted by atomic mass is 16.5. The van der Waals surface area contributed by atoms with Crippen molar-refractivity contribution >= 4 is 0 Å². The Morgan fingerprint density at radius 3 is 2.45 bits per heavy atom. The first kappa shape index (κ1) is 19.5. The first-order valence-electron chi connectivity index (χ1n) is 9.92. The summed E-state index contributed by atoms with van der Waals surface area (Å²) in [5.74, 6) is 3.47. The third-order valence-corrected chi connectivity index (χ3v) is 5.29. The molecule has 0 saturated carbocycles. The lowest BCUT2D eigenvalue weighted by Gasteiger charge is -2.36. The van der Waals surface area contributed by atoms with Crippen LogP contribution in [0.2, 0.25) is 0 Å². The molecule has 0 spiro atoms. The quantitative estimate of drug-likeness (QED) is 0.595. The van der Waals surface area contributed by atoms with E-state index < -0.39 is 0 Å². The average molecular weight is 398 g/mol. The van der Waals surface area contributed by atoms with E-state index in [1.54, 1.807) is 7.11 Å². The minimum Gasteiger partial charge on any atom is -0.497 e. The van der Waals surface area contributed by atoms with Gasteiger partial charge in [-0.25, -0.2) is 0 Å². The molecule has 29 heavy (non-hydrogen) atoms. The molecule has 4 rings (SSSR count). The molecule has 9 nitrogen and oxygen atoms in total. The van der Waals surface area contributed by atoms with Crippen LogP contribution < -0.4 is 4.74 Å². The molecule has 1 aromatic carbocycles. The van der Waals surface area contributed by atoms with Crippen LogP contribution in [0.5, 0.6) is 5.75 Å². The number of rotatable bonds is 7. The second kappa shape index (κ2) is 8.71. The molecule has 3 heterocycles. The maximum Gasteiger partial charge on any atom is 0.243 e. The van der Waals surface area contributed by atoms with Crippen LogP contribution in [0.15, 0.2) is 33.3 Å². The van der Waals surface area contributed by atoms with E-state index in [9.17, 15) is 0 Å². The van der Waals surface area contributed by atoms with Gasteiger partial charge in [0, 0.05) is 38.2 Å².